The summed E-state index contributed by atoms with van der Waals surface area (Å²) in [6.07, 6.45) is 38.7. The Balaban J connectivity index is 4.60. The smallest absolute Gasteiger partial charge is 0.268 e. The first kappa shape index (κ1) is 47.5. The van der Waals surface area contributed by atoms with Crippen molar-refractivity contribution in [3.63, 3.8) is 0 Å². The maximum absolute atomic E-state index is 12.8. The van der Waals surface area contributed by atoms with Crippen LogP contribution in [0.2, 0.25) is 0 Å². The highest BCUT2D eigenvalue weighted by atomic mass is 31.2. The molecule has 0 radical (unpaired) electrons. The summed E-state index contributed by atoms with van der Waals surface area (Å²) in [5.74, 6) is -0.225. The number of phosphoric acid groups is 1. The molecule has 0 bridgehead atoms. The number of nitrogens with zero attached hydrogens (tertiary/aromatic N) is 1. The van der Waals surface area contributed by atoms with Crippen molar-refractivity contribution in [2.45, 2.75) is 161 Å². The second-order valence-corrected chi connectivity index (χ2v) is 15.7. The van der Waals surface area contributed by atoms with Crippen molar-refractivity contribution >= 4 is 13.7 Å². The SMILES string of the molecule is CCCC/C=C/CC/C=C/CC/C=C/C(O)C(COP(=O)([O-])OCC[N+](C)(C)C)NC(=O)CCCCCCC/C=C\CCCCCCCC. The predicted octanol–water partition coefficient (Wildman–Crippen LogP) is 9.50. The highest BCUT2D eigenvalue weighted by molar-refractivity contribution is 7.45. The molecule has 1 amide bonds. The van der Waals surface area contributed by atoms with Gasteiger partial charge in [-0.25, -0.2) is 0 Å². The van der Waals surface area contributed by atoms with Crippen molar-refractivity contribution in [2.24, 2.45) is 0 Å². The number of hydrogen-bond acceptors (Lipinski definition) is 6. The zero-order valence-electron chi connectivity index (χ0n) is 32.1. The number of hydrogen-bond donors (Lipinski definition) is 2. The van der Waals surface area contributed by atoms with Crippen LogP contribution < -0.4 is 10.2 Å². The van der Waals surface area contributed by atoms with Crippen LogP contribution in [0.5, 0.6) is 0 Å². The van der Waals surface area contributed by atoms with Gasteiger partial charge in [-0.05, 0) is 64.2 Å². The summed E-state index contributed by atoms with van der Waals surface area (Å²) in [6.45, 7) is 4.52. The van der Waals surface area contributed by atoms with Crippen LogP contribution in [-0.4, -0.2) is 68.5 Å². The Bertz CT molecular complexity index is 944. The number of likely N-dealkylation sites (N-methyl/N-ethyl adjacent to an activating group) is 1. The summed E-state index contributed by atoms with van der Waals surface area (Å²) in [6, 6.07) is -0.911. The van der Waals surface area contributed by atoms with Gasteiger partial charge in [-0.3, -0.25) is 9.36 Å². The van der Waals surface area contributed by atoms with Crippen molar-refractivity contribution in [3.05, 3.63) is 48.6 Å². The summed E-state index contributed by atoms with van der Waals surface area (Å²) in [5.41, 5.74) is 0. The van der Waals surface area contributed by atoms with E-state index in [1.54, 1.807) is 6.08 Å². The monoisotopic (exact) mass is 711 g/mol. The molecule has 0 heterocycles. The Morgan fingerprint density at radius 1 is 0.694 bits per heavy atom. The molecular formula is C40H75N2O6P. The summed E-state index contributed by atoms with van der Waals surface area (Å²) in [4.78, 5) is 25.1. The molecule has 0 spiro atoms. The lowest BCUT2D eigenvalue weighted by Crippen LogP contribution is -2.45. The molecule has 9 heteroatoms. The lowest BCUT2D eigenvalue weighted by atomic mass is 10.1. The zero-order valence-corrected chi connectivity index (χ0v) is 33.0. The molecule has 0 rings (SSSR count). The molecule has 0 aromatic carbocycles. The summed E-state index contributed by atoms with van der Waals surface area (Å²) < 4.78 is 23.0. The van der Waals surface area contributed by atoms with Gasteiger partial charge in [0, 0.05) is 6.42 Å². The Morgan fingerprint density at radius 2 is 1.16 bits per heavy atom. The largest absolute Gasteiger partial charge is 0.756 e. The van der Waals surface area contributed by atoms with Crippen LogP contribution in [0, 0.1) is 0 Å². The fourth-order valence-corrected chi connectivity index (χ4v) is 5.77. The molecule has 0 aliphatic rings. The number of aliphatic hydroxyl groups excluding tert-OH is 1. The molecule has 0 saturated carbocycles. The number of rotatable bonds is 34. The van der Waals surface area contributed by atoms with Crippen molar-refractivity contribution in [2.75, 3.05) is 40.9 Å². The van der Waals surface area contributed by atoms with Gasteiger partial charge in [0.1, 0.15) is 13.2 Å². The number of carbonyl (C=O) groups is 1. The average molecular weight is 711 g/mol. The number of carbonyl (C=O) groups excluding carboxylic acids is 1. The number of allylic oxidation sites excluding steroid dienone is 7. The minimum Gasteiger partial charge on any atom is -0.756 e. The van der Waals surface area contributed by atoms with E-state index in [0.29, 0.717) is 17.4 Å². The Labute approximate surface area is 301 Å². The van der Waals surface area contributed by atoms with E-state index < -0.39 is 26.6 Å². The Morgan fingerprint density at radius 3 is 1.71 bits per heavy atom. The molecule has 0 fully saturated rings. The number of quaternary nitrogens is 1. The van der Waals surface area contributed by atoms with Gasteiger partial charge in [0.05, 0.1) is 39.9 Å². The fraction of sp³-hybridized carbons (Fsp3) is 0.775. The molecule has 3 unspecified atom stereocenters. The average Bonchev–Trinajstić information content (AvgIpc) is 3.04. The van der Waals surface area contributed by atoms with Crippen molar-refractivity contribution < 1.29 is 32.9 Å². The van der Waals surface area contributed by atoms with Gasteiger partial charge in [0.2, 0.25) is 5.91 Å². The number of aliphatic hydroxyl groups is 1. The molecule has 0 aliphatic carbocycles. The van der Waals surface area contributed by atoms with Crippen LogP contribution in [0.4, 0.5) is 0 Å². The van der Waals surface area contributed by atoms with Gasteiger partial charge in [-0.1, -0.05) is 127 Å². The van der Waals surface area contributed by atoms with E-state index in [9.17, 15) is 19.4 Å². The van der Waals surface area contributed by atoms with E-state index in [2.05, 4.69) is 55.6 Å². The van der Waals surface area contributed by atoms with Gasteiger partial charge < -0.3 is 28.8 Å². The first-order chi connectivity index (χ1) is 23.5. The number of amides is 1. The second-order valence-electron chi connectivity index (χ2n) is 14.3. The van der Waals surface area contributed by atoms with Crippen molar-refractivity contribution in [1.29, 1.82) is 0 Å². The van der Waals surface area contributed by atoms with Crippen LogP contribution >= 0.6 is 7.82 Å². The molecule has 0 aromatic heterocycles. The summed E-state index contributed by atoms with van der Waals surface area (Å²) in [5, 5.41) is 13.7. The molecule has 286 valence electrons. The maximum Gasteiger partial charge on any atom is 0.268 e. The van der Waals surface area contributed by atoms with Crippen LogP contribution in [0.15, 0.2) is 48.6 Å². The fourth-order valence-electron chi connectivity index (χ4n) is 5.04. The summed E-state index contributed by atoms with van der Waals surface area (Å²) in [7, 11) is 1.22. The number of nitrogens with one attached hydrogen (secondary N) is 1. The molecule has 3 atom stereocenters. The molecule has 8 nitrogen and oxygen atoms in total. The van der Waals surface area contributed by atoms with Gasteiger partial charge in [-0.2, -0.15) is 0 Å². The van der Waals surface area contributed by atoms with E-state index in [0.717, 1.165) is 70.6 Å². The zero-order chi connectivity index (χ0) is 36.5. The lowest BCUT2D eigenvalue weighted by Gasteiger charge is -2.29. The van der Waals surface area contributed by atoms with Gasteiger partial charge in [-0.15, -0.1) is 0 Å². The van der Waals surface area contributed by atoms with Gasteiger partial charge in [0.25, 0.3) is 7.82 Å². The van der Waals surface area contributed by atoms with E-state index in [-0.39, 0.29) is 12.5 Å². The minimum atomic E-state index is -4.59. The topological polar surface area (TPSA) is 108 Å². The highest BCUT2D eigenvalue weighted by Gasteiger charge is 2.23. The van der Waals surface area contributed by atoms with Crippen LogP contribution in [0.3, 0.4) is 0 Å². The molecule has 0 aliphatic heterocycles. The van der Waals surface area contributed by atoms with E-state index in [1.807, 2.05) is 27.2 Å². The second kappa shape index (κ2) is 32.4. The van der Waals surface area contributed by atoms with E-state index >= 15 is 0 Å². The minimum absolute atomic E-state index is 0.0120. The Hall–Kier alpha value is -1.54. The molecule has 2 N–H and O–H groups in total. The van der Waals surface area contributed by atoms with Gasteiger partial charge in [0.15, 0.2) is 0 Å². The van der Waals surface area contributed by atoms with Crippen molar-refractivity contribution in [3.8, 4) is 0 Å². The highest BCUT2D eigenvalue weighted by Crippen LogP contribution is 2.38. The number of phosphoric ester groups is 1. The van der Waals surface area contributed by atoms with Crippen LogP contribution in [0.1, 0.15) is 149 Å². The molecule has 49 heavy (non-hydrogen) atoms. The Kier molecular flexibility index (Phi) is 31.4. The van der Waals surface area contributed by atoms with E-state index in [4.69, 9.17) is 9.05 Å². The summed E-state index contributed by atoms with van der Waals surface area (Å²) >= 11 is 0. The maximum atomic E-state index is 12.8. The quantitative estimate of drug-likeness (QED) is 0.0298. The van der Waals surface area contributed by atoms with Crippen LogP contribution in [-0.2, 0) is 18.4 Å². The molecular weight excluding hydrogens is 635 g/mol. The first-order valence-electron chi connectivity index (χ1n) is 19.5. The first-order valence-corrected chi connectivity index (χ1v) is 21.0. The third-order valence-corrected chi connectivity index (χ3v) is 9.20. The third-order valence-electron chi connectivity index (χ3n) is 8.24. The standard InChI is InChI=1S/C40H75N2O6P/c1-6-8-10-12-14-16-18-20-21-22-24-26-28-30-32-34-40(44)41-38(37-48-49(45,46)47-36-35-42(3,4)5)39(43)33-31-29-27-25-23-19-17-15-13-11-9-7-2/h13,15,20-21,23,25,31,33,38-39,43H,6-12,14,16-19,22,24,26-30,32,34-37H2,1-5H3,(H-,41,44,45,46)/b15-13+,21-20-,25-23+,33-31+. The van der Waals surface area contributed by atoms with Crippen molar-refractivity contribution in [1.82, 2.24) is 5.32 Å². The van der Waals surface area contributed by atoms with E-state index in [1.165, 1.54) is 57.8 Å². The molecule has 0 aromatic rings. The van der Waals surface area contributed by atoms with Crippen LogP contribution in [0.25, 0.3) is 0 Å². The normalized spacial score (nSPS) is 15.2. The van der Waals surface area contributed by atoms with Gasteiger partial charge >= 0.3 is 0 Å². The predicted molar refractivity (Wildman–Crippen MR) is 205 cm³/mol. The molecule has 0 saturated heterocycles. The third kappa shape index (κ3) is 34.7. The number of unbranched alkanes of at least 4 members (excludes halogenated alkanes) is 15. The lowest BCUT2D eigenvalue weighted by molar-refractivity contribution is -0.870.